The summed E-state index contributed by atoms with van der Waals surface area (Å²) in [7, 11) is 1.29. The molecule has 0 spiro atoms. The zero-order valence-corrected chi connectivity index (χ0v) is 8.75. The zero-order valence-electron chi connectivity index (χ0n) is 7.93. The Hall–Kier alpha value is -1.37. The van der Waals surface area contributed by atoms with Gasteiger partial charge < -0.3 is 4.74 Å². The molecule has 0 radical (unpaired) electrons. The summed E-state index contributed by atoms with van der Waals surface area (Å²) < 4.78 is 55.1. The molecule has 2 nitrogen and oxygen atoms in total. The number of methoxy groups -OCH3 is 1. The molecule has 0 amide bonds. The topological polar surface area (TPSA) is 22.1 Å². The van der Waals surface area contributed by atoms with Crippen LogP contribution in [0.1, 0.15) is 5.01 Å². The standard InChI is InChI=1S/C9H5F4NOS/c1-15-5-3-2-4(10)7-6(5)14-8(16-7)9(11,12)13/h2-3H,1H3. The highest BCUT2D eigenvalue weighted by atomic mass is 32.1. The largest absolute Gasteiger partial charge is 0.494 e. The molecule has 0 saturated heterocycles. The van der Waals surface area contributed by atoms with Crippen molar-refractivity contribution in [2.75, 3.05) is 7.11 Å². The summed E-state index contributed by atoms with van der Waals surface area (Å²) in [6.45, 7) is 0. The lowest BCUT2D eigenvalue weighted by molar-refractivity contribution is -0.137. The van der Waals surface area contributed by atoms with Crippen LogP contribution in [0.3, 0.4) is 0 Å². The predicted molar refractivity (Wildman–Crippen MR) is 51.1 cm³/mol. The van der Waals surface area contributed by atoms with Gasteiger partial charge in [-0.1, -0.05) is 0 Å². The lowest BCUT2D eigenvalue weighted by Gasteiger charge is -2.00. The van der Waals surface area contributed by atoms with Gasteiger partial charge >= 0.3 is 6.18 Å². The Bertz CT molecular complexity index is 534. The van der Waals surface area contributed by atoms with Gasteiger partial charge in [0.15, 0.2) is 5.01 Å². The highest BCUT2D eigenvalue weighted by Gasteiger charge is 2.35. The van der Waals surface area contributed by atoms with E-state index >= 15 is 0 Å². The number of halogens is 4. The molecule has 0 fully saturated rings. The van der Waals surface area contributed by atoms with E-state index in [1.165, 1.54) is 13.2 Å². The molecule has 86 valence electrons. The molecule has 0 N–H and O–H groups in total. The number of aromatic nitrogens is 1. The van der Waals surface area contributed by atoms with Crippen molar-refractivity contribution < 1.29 is 22.3 Å². The van der Waals surface area contributed by atoms with E-state index in [2.05, 4.69) is 4.98 Å². The van der Waals surface area contributed by atoms with Gasteiger partial charge in [-0.25, -0.2) is 9.37 Å². The second-order valence-electron chi connectivity index (χ2n) is 2.94. The third-order valence-corrected chi connectivity index (χ3v) is 3.03. The molecule has 0 aliphatic rings. The van der Waals surface area contributed by atoms with Crippen LogP contribution in [0, 0.1) is 5.82 Å². The van der Waals surface area contributed by atoms with E-state index in [0.717, 1.165) is 6.07 Å². The summed E-state index contributed by atoms with van der Waals surface area (Å²) in [5.41, 5.74) is -0.0974. The minimum absolute atomic E-state index is 0.0974. The van der Waals surface area contributed by atoms with Gasteiger partial charge in [-0.05, 0) is 12.1 Å². The number of ether oxygens (including phenoxy) is 1. The van der Waals surface area contributed by atoms with Gasteiger partial charge in [0.25, 0.3) is 0 Å². The van der Waals surface area contributed by atoms with Crippen LogP contribution in [0.2, 0.25) is 0 Å². The molecule has 0 aliphatic carbocycles. The zero-order chi connectivity index (χ0) is 11.9. The Morgan fingerprint density at radius 1 is 1.31 bits per heavy atom. The Kier molecular flexibility index (Phi) is 2.49. The van der Waals surface area contributed by atoms with Gasteiger partial charge in [0.1, 0.15) is 17.1 Å². The minimum atomic E-state index is -4.57. The molecule has 2 rings (SSSR count). The van der Waals surface area contributed by atoms with E-state index in [9.17, 15) is 17.6 Å². The maximum atomic E-state index is 13.3. The molecule has 0 saturated carbocycles. The molecule has 1 aromatic heterocycles. The van der Waals surface area contributed by atoms with E-state index in [0.29, 0.717) is 0 Å². The van der Waals surface area contributed by atoms with Crippen molar-refractivity contribution >= 4 is 21.6 Å². The lowest BCUT2D eigenvalue weighted by atomic mass is 10.3. The van der Waals surface area contributed by atoms with E-state index in [-0.39, 0.29) is 27.3 Å². The third kappa shape index (κ3) is 1.71. The Morgan fingerprint density at radius 2 is 2.00 bits per heavy atom. The Labute approximate surface area is 91.5 Å². The van der Waals surface area contributed by atoms with Crippen molar-refractivity contribution in [3.63, 3.8) is 0 Å². The second-order valence-corrected chi connectivity index (χ2v) is 3.94. The molecule has 0 atom stereocenters. The Morgan fingerprint density at radius 3 is 2.56 bits per heavy atom. The molecular weight excluding hydrogens is 246 g/mol. The van der Waals surface area contributed by atoms with Crippen molar-refractivity contribution in [2.45, 2.75) is 6.18 Å². The highest BCUT2D eigenvalue weighted by molar-refractivity contribution is 7.18. The summed E-state index contributed by atoms with van der Waals surface area (Å²) in [4.78, 5) is 3.34. The van der Waals surface area contributed by atoms with E-state index in [1.54, 1.807) is 0 Å². The van der Waals surface area contributed by atoms with Crippen LogP contribution >= 0.6 is 11.3 Å². The number of nitrogens with zero attached hydrogens (tertiary/aromatic N) is 1. The molecule has 1 heterocycles. The highest BCUT2D eigenvalue weighted by Crippen LogP contribution is 2.39. The second kappa shape index (κ2) is 3.58. The van der Waals surface area contributed by atoms with Gasteiger partial charge in [0.2, 0.25) is 0 Å². The molecule has 1 aromatic carbocycles. The average Bonchev–Trinajstić information content (AvgIpc) is 2.63. The number of hydrogen-bond donors (Lipinski definition) is 0. The van der Waals surface area contributed by atoms with Crippen molar-refractivity contribution in [2.24, 2.45) is 0 Å². The first kappa shape index (κ1) is 11.1. The van der Waals surface area contributed by atoms with Crippen LogP contribution in [0.25, 0.3) is 10.2 Å². The first-order valence-corrected chi connectivity index (χ1v) is 4.95. The minimum Gasteiger partial charge on any atom is -0.494 e. The SMILES string of the molecule is COc1ccc(F)c2sc(C(F)(F)F)nc12. The van der Waals surface area contributed by atoms with Gasteiger partial charge in [-0.3, -0.25) is 0 Å². The van der Waals surface area contributed by atoms with E-state index < -0.39 is 17.0 Å². The van der Waals surface area contributed by atoms with Crippen LogP contribution in [0.4, 0.5) is 17.6 Å². The average molecular weight is 251 g/mol. The fourth-order valence-corrected chi connectivity index (χ4v) is 2.09. The van der Waals surface area contributed by atoms with Gasteiger partial charge in [-0.15, -0.1) is 11.3 Å². The first-order chi connectivity index (χ1) is 7.43. The van der Waals surface area contributed by atoms with E-state index in [4.69, 9.17) is 4.74 Å². The third-order valence-electron chi connectivity index (χ3n) is 1.92. The molecular formula is C9H5F4NOS. The summed E-state index contributed by atoms with van der Waals surface area (Å²) in [5, 5.41) is -1.08. The maximum Gasteiger partial charge on any atom is 0.443 e. The fraction of sp³-hybridized carbons (Fsp3) is 0.222. The first-order valence-electron chi connectivity index (χ1n) is 4.13. The number of alkyl halides is 3. The van der Waals surface area contributed by atoms with Crippen LogP contribution in [-0.4, -0.2) is 12.1 Å². The number of thiazole rings is 1. The number of benzene rings is 1. The van der Waals surface area contributed by atoms with Crippen LogP contribution in [0.15, 0.2) is 12.1 Å². The maximum absolute atomic E-state index is 13.3. The Balaban J connectivity index is 2.73. The number of fused-ring (bicyclic) bond motifs is 1. The number of hydrogen-bond acceptors (Lipinski definition) is 3. The molecule has 2 aromatic rings. The van der Waals surface area contributed by atoms with Crippen LogP contribution < -0.4 is 4.74 Å². The molecule has 0 bridgehead atoms. The predicted octanol–water partition coefficient (Wildman–Crippen LogP) is 3.46. The van der Waals surface area contributed by atoms with Gasteiger partial charge in [0, 0.05) is 0 Å². The molecule has 0 aliphatic heterocycles. The molecule has 7 heteroatoms. The summed E-state index contributed by atoms with van der Waals surface area (Å²) >= 11 is 0.269. The summed E-state index contributed by atoms with van der Waals surface area (Å²) in [6.07, 6.45) is -4.57. The van der Waals surface area contributed by atoms with Crippen molar-refractivity contribution in [3.8, 4) is 5.75 Å². The lowest BCUT2D eigenvalue weighted by Crippen LogP contribution is -2.03. The van der Waals surface area contributed by atoms with Crippen molar-refractivity contribution in [1.29, 1.82) is 0 Å². The molecule has 16 heavy (non-hydrogen) atoms. The fourth-order valence-electron chi connectivity index (χ4n) is 1.24. The monoisotopic (exact) mass is 251 g/mol. The summed E-state index contributed by atoms with van der Waals surface area (Å²) in [6, 6.07) is 2.30. The quantitative estimate of drug-likeness (QED) is 0.724. The van der Waals surface area contributed by atoms with Crippen LogP contribution in [0.5, 0.6) is 5.75 Å². The van der Waals surface area contributed by atoms with Gasteiger partial charge in [0.05, 0.1) is 11.8 Å². The summed E-state index contributed by atoms with van der Waals surface area (Å²) in [5.74, 6) is -0.605. The van der Waals surface area contributed by atoms with Crippen LogP contribution in [-0.2, 0) is 6.18 Å². The van der Waals surface area contributed by atoms with Crippen molar-refractivity contribution in [3.05, 3.63) is 23.0 Å². The normalized spacial score (nSPS) is 12.1. The smallest absolute Gasteiger partial charge is 0.443 e. The van der Waals surface area contributed by atoms with Crippen molar-refractivity contribution in [1.82, 2.24) is 4.98 Å². The number of rotatable bonds is 1. The van der Waals surface area contributed by atoms with Gasteiger partial charge in [-0.2, -0.15) is 13.2 Å². The molecule has 0 unspecified atom stereocenters. The van der Waals surface area contributed by atoms with E-state index in [1.807, 2.05) is 0 Å².